The minimum absolute atomic E-state index is 0.126. The maximum atomic E-state index is 11.7. The Morgan fingerprint density at radius 1 is 1.28 bits per heavy atom. The number of alkyl halides is 1. The third-order valence-corrected chi connectivity index (χ3v) is 5.14. The second-order valence-electron chi connectivity index (χ2n) is 5.26. The van der Waals surface area contributed by atoms with E-state index in [1.165, 1.54) is 12.8 Å². The number of nitrogens with one attached hydrogen (secondary N) is 1. The molecule has 1 heterocycles. The zero-order valence-electron chi connectivity index (χ0n) is 11.4. The molecule has 108 valence electrons. The predicted octanol–water partition coefficient (Wildman–Crippen LogP) is 1.66. The molecule has 6 heteroatoms. The van der Waals surface area contributed by atoms with E-state index in [-0.39, 0.29) is 5.75 Å². The summed E-state index contributed by atoms with van der Waals surface area (Å²) in [6.45, 7) is 6.99. The second kappa shape index (κ2) is 7.68. The van der Waals surface area contributed by atoms with Crippen LogP contribution in [0.3, 0.4) is 0 Å². The highest BCUT2D eigenvalue weighted by Crippen LogP contribution is 2.17. The summed E-state index contributed by atoms with van der Waals surface area (Å²) in [5, 5.41) is 0. The lowest BCUT2D eigenvalue weighted by Gasteiger charge is -2.30. The van der Waals surface area contributed by atoms with E-state index >= 15 is 0 Å². The molecule has 0 spiro atoms. The first-order chi connectivity index (χ1) is 8.46. The van der Waals surface area contributed by atoms with Crippen molar-refractivity contribution in [2.45, 2.75) is 39.2 Å². The Kier molecular flexibility index (Phi) is 6.92. The Morgan fingerprint density at radius 2 is 1.89 bits per heavy atom. The van der Waals surface area contributed by atoms with Crippen molar-refractivity contribution in [2.75, 3.05) is 31.3 Å². The van der Waals surface area contributed by atoms with Crippen molar-refractivity contribution in [3.05, 3.63) is 0 Å². The van der Waals surface area contributed by atoms with Crippen molar-refractivity contribution < 1.29 is 8.42 Å². The molecule has 0 aromatic heterocycles. The molecule has 1 saturated heterocycles. The van der Waals surface area contributed by atoms with Crippen LogP contribution in [0.25, 0.3) is 0 Å². The highest BCUT2D eigenvalue weighted by atomic mass is 35.5. The summed E-state index contributed by atoms with van der Waals surface area (Å²) in [6.07, 6.45) is 2.96. The lowest BCUT2D eigenvalue weighted by molar-refractivity contribution is 0.193. The molecule has 1 unspecified atom stereocenters. The van der Waals surface area contributed by atoms with Crippen LogP contribution in [0.1, 0.15) is 33.1 Å². The minimum Gasteiger partial charge on any atom is -0.299 e. The average Bonchev–Trinajstić information content (AvgIpc) is 2.79. The van der Waals surface area contributed by atoms with Crippen LogP contribution < -0.4 is 4.72 Å². The number of rotatable bonds is 8. The van der Waals surface area contributed by atoms with E-state index in [1.807, 2.05) is 0 Å². The van der Waals surface area contributed by atoms with Gasteiger partial charge in [-0.3, -0.25) is 4.90 Å². The fourth-order valence-corrected chi connectivity index (χ4v) is 3.77. The molecular formula is C12H25ClN2O2S. The molecule has 0 aromatic rings. The smallest absolute Gasteiger partial charge is 0.211 e. The lowest BCUT2D eigenvalue weighted by Crippen LogP contribution is -2.46. The van der Waals surface area contributed by atoms with Crippen LogP contribution in [0.2, 0.25) is 0 Å². The molecule has 1 N–H and O–H groups in total. The van der Waals surface area contributed by atoms with E-state index in [0.717, 1.165) is 13.1 Å². The van der Waals surface area contributed by atoms with Gasteiger partial charge >= 0.3 is 0 Å². The molecule has 1 fully saturated rings. The van der Waals surface area contributed by atoms with E-state index in [1.54, 1.807) is 0 Å². The zero-order chi connectivity index (χ0) is 13.6. The Balaban J connectivity index is 2.46. The van der Waals surface area contributed by atoms with Gasteiger partial charge in [-0.05, 0) is 38.3 Å². The SMILES string of the molecule is CC(C)C(CNS(=O)(=O)CCCCl)N1CCCC1. The normalized spacial score (nSPS) is 19.6. The van der Waals surface area contributed by atoms with Crippen LogP contribution in [0.15, 0.2) is 0 Å². The fraction of sp³-hybridized carbons (Fsp3) is 1.00. The molecule has 1 rings (SSSR count). The zero-order valence-corrected chi connectivity index (χ0v) is 12.9. The fourth-order valence-electron chi connectivity index (χ4n) is 2.39. The summed E-state index contributed by atoms with van der Waals surface area (Å²) in [7, 11) is -3.16. The van der Waals surface area contributed by atoms with Gasteiger partial charge < -0.3 is 0 Å². The number of likely N-dealkylation sites (tertiary alicyclic amines) is 1. The van der Waals surface area contributed by atoms with Gasteiger partial charge in [-0.2, -0.15) is 0 Å². The molecule has 0 saturated carbocycles. The van der Waals surface area contributed by atoms with E-state index in [0.29, 0.717) is 30.8 Å². The highest BCUT2D eigenvalue weighted by Gasteiger charge is 2.25. The van der Waals surface area contributed by atoms with Crippen LogP contribution >= 0.6 is 11.6 Å². The van der Waals surface area contributed by atoms with E-state index in [2.05, 4.69) is 23.5 Å². The molecule has 1 aliphatic rings. The maximum Gasteiger partial charge on any atom is 0.211 e. The maximum absolute atomic E-state index is 11.7. The largest absolute Gasteiger partial charge is 0.299 e. The number of hydrogen-bond acceptors (Lipinski definition) is 3. The first-order valence-corrected chi connectivity index (χ1v) is 8.92. The van der Waals surface area contributed by atoms with Gasteiger partial charge in [-0.1, -0.05) is 13.8 Å². The van der Waals surface area contributed by atoms with Crippen molar-refractivity contribution in [3.8, 4) is 0 Å². The van der Waals surface area contributed by atoms with Crippen LogP contribution in [0, 0.1) is 5.92 Å². The van der Waals surface area contributed by atoms with Crippen molar-refractivity contribution in [2.24, 2.45) is 5.92 Å². The molecule has 1 aliphatic heterocycles. The summed E-state index contributed by atoms with van der Waals surface area (Å²) in [4.78, 5) is 2.40. The molecule has 0 aliphatic carbocycles. The first kappa shape index (κ1) is 16.2. The Labute approximate surface area is 116 Å². The highest BCUT2D eigenvalue weighted by molar-refractivity contribution is 7.89. The number of nitrogens with zero attached hydrogens (tertiary/aromatic N) is 1. The monoisotopic (exact) mass is 296 g/mol. The van der Waals surface area contributed by atoms with Gasteiger partial charge in [0, 0.05) is 18.5 Å². The Morgan fingerprint density at radius 3 is 2.39 bits per heavy atom. The van der Waals surface area contributed by atoms with Crippen molar-refractivity contribution >= 4 is 21.6 Å². The van der Waals surface area contributed by atoms with Crippen molar-refractivity contribution in [1.82, 2.24) is 9.62 Å². The van der Waals surface area contributed by atoms with E-state index in [4.69, 9.17) is 11.6 Å². The predicted molar refractivity (Wildman–Crippen MR) is 76.6 cm³/mol. The molecule has 0 bridgehead atoms. The Hall–Kier alpha value is 0.160. The van der Waals surface area contributed by atoms with E-state index in [9.17, 15) is 8.42 Å². The molecule has 0 radical (unpaired) electrons. The van der Waals surface area contributed by atoms with Gasteiger partial charge in [0.2, 0.25) is 10.0 Å². The third kappa shape index (κ3) is 5.43. The lowest BCUT2D eigenvalue weighted by atomic mass is 10.0. The van der Waals surface area contributed by atoms with Crippen LogP contribution in [-0.4, -0.2) is 50.6 Å². The molecule has 0 amide bonds. The first-order valence-electron chi connectivity index (χ1n) is 6.73. The topological polar surface area (TPSA) is 49.4 Å². The van der Waals surface area contributed by atoms with Gasteiger partial charge in [0.05, 0.1) is 5.75 Å². The van der Waals surface area contributed by atoms with Crippen LogP contribution in [0.4, 0.5) is 0 Å². The molecule has 1 atom stereocenters. The summed E-state index contributed by atoms with van der Waals surface area (Å²) in [6, 6.07) is 0.304. The number of hydrogen-bond donors (Lipinski definition) is 1. The summed E-state index contributed by atoms with van der Waals surface area (Å²) < 4.78 is 26.2. The van der Waals surface area contributed by atoms with Crippen molar-refractivity contribution in [1.29, 1.82) is 0 Å². The minimum atomic E-state index is -3.16. The Bertz CT molecular complexity index is 327. The summed E-state index contributed by atoms with van der Waals surface area (Å²) in [5.41, 5.74) is 0. The summed E-state index contributed by atoms with van der Waals surface area (Å²) in [5.74, 6) is 0.973. The molecule has 0 aromatic carbocycles. The average molecular weight is 297 g/mol. The van der Waals surface area contributed by atoms with Crippen LogP contribution in [-0.2, 0) is 10.0 Å². The molecule has 18 heavy (non-hydrogen) atoms. The quantitative estimate of drug-likeness (QED) is 0.693. The second-order valence-corrected chi connectivity index (χ2v) is 7.57. The molecular weight excluding hydrogens is 272 g/mol. The van der Waals surface area contributed by atoms with E-state index < -0.39 is 10.0 Å². The van der Waals surface area contributed by atoms with Crippen molar-refractivity contribution in [3.63, 3.8) is 0 Å². The van der Waals surface area contributed by atoms with Gasteiger partial charge in [0.25, 0.3) is 0 Å². The summed E-state index contributed by atoms with van der Waals surface area (Å²) >= 11 is 5.52. The number of sulfonamides is 1. The van der Waals surface area contributed by atoms with Gasteiger partial charge in [-0.15, -0.1) is 11.6 Å². The number of halogens is 1. The van der Waals surface area contributed by atoms with Gasteiger partial charge in [0.15, 0.2) is 0 Å². The standard InChI is InChI=1S/C12H25ClN2O2S/c1-11(2)12(15-7-3-4-8-15)10-14-18(16,17)9-5-6-13/h11-12,14H,3-10H2,1-2H3. The van der Waals surface area contributed by atoms with Gasteiger partial charge in [0.1, 0.15) is 0 Å². The molecule has 4 nitrogen and oxygen atoms in total. The van der Waals surface area contributed by atoms with Gasteiger partial charge in [-0.25, -0.2) is 13.1 Å². The third-order valence-electron chi connectivity index (χ3n) is 3.44. The van der Waals surface area contributed by atoms with Crippen LogP contribution in [0.5, 0.6) is 0 Å².